The first kappa shape index (κ1) is 14.1. The third-order valence-electron chi connectivity index (χ3n) is 2.98. The number of rotatable bonds is 2. The SMILES string of the molecule is NC1C=CCCN(S(=O)(=O)c2ccccn2)CC1O. The Morgan fingerprint density at radius 3 is 2.89 bits per heavy atom. The molecule has 2 rings (SSSR count). The Morgan fingerprint density at radius 1 is 1.42 bits per heavy atom. The lowest BCUT2D eigenvalue weighted by Crippen LogP contribution is -2.46. The molecule has 0 fully saturated rings. The fraction of sp³-hybridized carbons (Fsp3) is 0.417. The molecule has 2 heterocycles. The van der Waals surface area contributed by atoms with Gasteiger partial charge < -0.3 is 10.8 Å². The Morgan fingerprint density at radius 2 is 2.21 bits per heavy atom. The van der Waals surface area contributed by atoms with Gasteiger partial charge in [-0.05, 0) is 18.6 Å². The van der Waals surface area contributed by atoms with Crippen LogP contribution in [-0.4, -0.2) is 48.0 Å². The fourth-order valence-corrected chi connectivity index (χ4v) is 3.28. The number of hydrogen-bond acceptors (Lipinski definition) is 5. The summed E-state index contributed by atoms with van der Waals surface area (Å²) < 4.78 is 26.0. The van der Waals surface area contributed by atoms with Gasteiger partial charge in [-0.1, -0.05) is 18.2 Å². The van der Waals surface area contributed by atoms with E-state index in [1.54, 1.807) is 24.3 Å². The van der Waals surface area contributed by atoms with Gasteiger partial charge in [-0.2, -0.15) is 4.31 Å². The monoisotopic (exact) mass is 283 g/mol. The minimum Gasteiger partial charge on any atom is -0.390 e. The lowest BCUT2D eigenvalue weighted by Gasteiger charge is -2.27. The zero-order valence-electron chi connectivity index (χ0n) is 10.4. The third-order valence-corrected chi connectivity index (χ3v) is 4.76. The second-order valence-electron chi connectivity index (χ2n) is 4.39. The zero-order chi connectivity index (χ0) is 13.9. The van der Waals surface area contributed by atoms with Crippen molar-refractivity contribution in [3.8, 4) is 0 Å². The second kappa shape index (κ2) is 5.79. The van der Waals surface area contributed by atoms with Crippen LogP contribution in [0.4, 0.5) is 0 Å². The number of aromatic nitrogens is 1. The fourth-order valence-electron chi connectivity index (χ4n) is 1.87. The van der Waals surface area contributed by atoms with E-state index in [-0.39, 0.29) is 11.6 Å². The van der Waals surface area contributed by atoms with Gasteiger partial charge in [-0.25, -0.2) is 13.4 Å². The minimum atomic E-state index is -3.69. The van der Waals surface area contributed by atoms with E-state index >= 15 is 0 Å². The minimum absolute atomic E-state index is 0.0136. The second-order valence-corrected chi connectivity index (χ2v) is 6.28. The summed E-state index contributed by atoms with van der Waals surface area (Å²) >= 11 is 0. The molecular weight excluding hydrogens is 266 g/mol. The van der Waals surface area contributed by atoms with Gasteiger partial charge in [-0.3, -0.25) is 0 Å². The molecule has 1 aromatic rings. The van der Waals surface area contributed by atoms with Gasteiger partial charge in [0.15, 0.2) is 5.03 Å². The largest absolute Gasteiger partial charge is 0.390 e. The van der Waals surface area contributed by atoms with Crippen molar-refractivity contribution in [1.29, 1.82) is 0 Å². The maximum atomic E-state index is 12.4. The molecule has 6 nitrogen and oxygen atoms in total. The highest BCUT2D eigenvalue weighted by molar-refractivity contribution is 7.89. The molecule has 104 valence electrons. The first-order valence-electron chi connectivity index (χ1n) is 6.03. The number of nitrogens with zero attached hydrogens (tertiary/aromatic N) is 2. The maximum Gasteiger partial charge on any atom is 0.260 e. The summed E-state index contributed by atoms with van der Waals surface area (Å²) in [6.07, 6.45) is 4.56. The predicted octanol–water partition coefficient (Wildman–Crippen LogP) is -0.280. The van der Waals surface area contributed by atoms with Crippen molar-refractivity contribution in [1.82, 2.24) is 9.29 Å². The number of nitrogens with two attached hydrogens (primary N) is 1. The first-order valence-corrected chi connectivity index (χ1v) is 7.47. The van der Waals surface area contributed by atoms with Crippen LogP contribution in [0.1, 0.15) is 6.42 Å². The standard InChI is InChI=1S/C12H17N3O3S/c13-10-5-2-4-8-15(9-11(10)16)19(17,18)12-6-1-3-7-14-12/h1-3,5-7,10-11,16H,4,8-9,13H2. The van der Waals surface area contributed by atoms with Crippen LogP contribution in [0.25, 0.3) is 0 Å². The number of β-amino-alcohol motifs (C(OH)–C–C–N with tert-alkyl or cyclic N) is 1. The van der Waals surface area contributed by atoms with E-state index in [1.807, 2.05) is 0 Å². The molecule has 2 unspecified atom stereocenters. The summed E-state index contributed by atoms with van der Waals surface area (Å²) in [6.45, 7) is 0.281. The van der Waals surface area contributed by atoms with E-state index in [4.69, 9.17) is 5.73 Å². The van der Waals surface area contributed by atoms with Gasteiger partial charge in [0.05, 0.1) is 12.1 Å². The Balaban J connectivity index is 2.27. The molecule has 0 radical (unpaired) electrons. The molecule has 0 spiro atoms. The van der Waals surface area contributed by atoms with E-state index in [0.29, 0.717) is 13.0 Å². The number of pyridine rings is 1. The number of aliphatic hydroxyl groups is 1. The molecule has 0 aromatic carbocycles. The van der Waals surface area contributed by atoms with Gasteiger partial charge in [0.2, 0.25) is 0 Å². The lowest BCUT2D eigenvalue weighted by atomic mass is 10.1. The van der Waals surface area contributed by atoms with Crippen molar-refractivity contribution < 1.29 is 13.5 Å². The van der Waals surface area contributed by atoms with Gasteiger partial charge in [-0.15, -0.1) is 0 Å². The Hall–Kier alpha value is -1.28. The van der Waals surface area contributed by atoms with Gasteiger partial charge in [0, 0.05) is 19.3 Å². The highest BCUT2D eigenvalue weighted by atomic mass is 32.2. The molecule has 0 bridgehead atoms. The topological polar surface area (TPSA) is 96.5 Å². The third kappa shape index (κ3) is 3.19. The summed E-state index contributed by atoms with van der Waals surface area (Å²) in [5.41, 5.74) is 5.72. The Bertz CT molecular complexity index is 545. The summed E-state index contributed by atoms with van der Waals surface area (Å²) in [5, 5.41) is 9.85. The Kier molecular flexibility index (Phi) is 4.31. The van der Waals surface area contributed by atoms with Crippen LogP contribution in [0.3, 0.4) is 0 Å². The van der Waals surface area contributed by atoms with Gasteiger partial charge in [0.1, 0.15) is 0 Å². The van der Waals surface area contributed by atoms with E-state index in [0.717, 1.165) is 0 Å². The maximum absolute atomic E-state index is 12.4. The number of aliphatic hydroxyl groups excluding tert-OH is 1. The average molecular weight is 283 g/mol. The van der Waals surface area contributed by atoms with Crippen molar-refractivity contribution in [2.75, 3.05) is 13.1 Å². The van der Waals surface area contributed by atoms with Crippen molar-refractivity contribution in [3.05, 3.63) is 36.5 Å². The first-order chi connectivity index (χ1) is 9.01. The van der Waals surface area contributed by atoms with Crippen LogP contribution in [0.15, 0.2) is 41.6 Å². The van der Waals surface area contributed by atoms with Crippen molar-refractivity contribution in [2.24, 2.45) is 5.73 Å². The van der Waals surface area contributed by atoms with E-state index < -0.39 is 22.2 Å². The molecule has 0 saturated carbocycles. The van der Waals surface area contributed by atoms with E-state index in [1.165, 1.54) is 16.6 Å². The van der Waals surface area contributed by atoms with Crippen molar-refractivity contribution >= 4 is 10.0 Å². The molecule has 1 aliphatic rings. The van der Waals surface area contributed by atoms with Crippen molar-refractivity contribution in [2.45, 2.75) is 23.6 Å². The van der Waals surface area contributed by atoms with E-state index in [2.05, 4.69) is 4.98 Å². The summed E-state index contributed by atoms with van der Waals surface area (Å²) in [4.78, 5) is 3.86. The molecule has 1 aliphatic heterocycles. The van der Waals surface area contributed by atoms with Crippen LogP contribution in [0.5, 0.6) is 0 Å². The Labute approximate surface area is 112 Å². The predicted molar refractivity (Wildman–Crippen MR) is 70.7 cm³/mol. The lowest BCUT2D eigenvalue weighted by molar-refractivity contribution is 0.131. The normalized spacial score (nSPS) is 25.8. The highest BCUT2D eigenvalue weighted by Crippen LogP contribution is 2.16. The molecular formula is C12H17N3O3S. The number of sulfonamides is 1. The molecule has 0 aliphatic carbocycles. The molecule has 7 heteroatoms. The highest BCUT2D eigenvalue weighted by Gasteiger charge is 2.29. The summed E-state index contributed by atoms with van der Waals surface area (Å²) in [6, 6.07) is 4.16. The smallest absolute Gasteiger partial charge is 0.260 e. The quantitative estimate of drug-likeness (QED) is 0.728. The molecule has 1 aromatic heterocycles. The molecule has 3 N–H and O–H groups in total. The van der Waals surface area contributed by atoms with E-state index in [9.17, 15) is 13.5 Å². The molecule has 0 amide bonds. The van der Waals surface area contributed by atoms with Crippen LogP contribution < -0.4 is 5.73 Å². The van der Waals surface area contributed by atoms with Crippen LogP contribution in [0.2, 0.25) is 0 Å². The van der Waals surface area contributed by atoms with Crippen LogP contribution in [-0.2, 0) is 10.0 Å². The van der Waals surface area contributed by atoms with Crippen LogP contribution >= 0.6 is 0 Å². The van der Waals surface area contributed by atoms with Gasteiger partial charge in [0.25, 0.3) is 10.0 Å². The summed E-state index contributed by atoms with van der Waals surface area (Å²) in [7, 11) is -3.69. The summed E-state index contributed by atoms with van der Waals surface area (Å²) in [5.74, 6) is 0. The number of hydrogen-bond donors (Lipinski definition) is 2. The van der Waals surface area contributed by atoms with Crippen molar-refractivity contribution in [3.63, 3.8) is 0 Å². The molecule has 19 heavy (non-hydrogen) atoms. The van der Waals surface area contributed by atoms with Crippen LogP contribution in [0, 0.1) is 0 Å². The van der Waals surface area contributed by atoms with Gasteiger partial charge >= 0.3 is 0 Å². The zero-order valence-corrected chi connectivity index (χ0v) is 11.2. The average Bonchev–Trinajstić information content (AvgIpc) is 2.40. The molecule has 0 saturated heterocycles. The molecule has 2 atom stereocenters.